The Morgan fingerprint density at radius 2 is 2.18 bits per heavy atom. The number of hydrogen-bond donors (Lipinski definition) is 2. The van der Waals surface area contributed by atoms with Crippen LogP contribution in [0.1, 0.15) is 28.6 Å². The topological polar surface area (TPSA) is 67.2 Å². The van der Waals surface area contributed by atoms with E-state index in [0.717, 1.165) is 17.0 Å². The summed E-state index contributed by atoms with van der Waals surface area (Å²) < 4.78 is 14.8. The van der Waals surface area contributed by atoms with Crippen LogP contribution in [0.25, 0.3) is 0 Å². The predicted molar refractivity (Wildman–Crippen MR) is 80.8 cm³/mol. The highest BCUT2D eigenvalue weighted by molar-refractivity contribution is 5.79. The summed E-state index contributed by atoms with van der Waals surface area (Å²) in [6.07, 6.45) is -0.725. The summed E-state index contributed by atoms with van der Waals surface area (Å²) in [6.45, 7) is 3.81. The fourth-order valence-corrected chi connectivity index (χ4v) is 2.34. The molecule has 1 aromatic carbocycles. The number of carbonyl (C=O) groups excluding carboxylic acids is 1. The lowest BCUT2D eigenvalue weighted by Crippen LogP contribution is -2.30. The Labute approximate surface area is 128 Å². The van der Waals surface area contributed by atoms with Gasteiger partial charge in [0.15, 0.2) is 0 Å². The third-order valence-electron chi connectivity index (χ3n) is 3.72. The van der Waals surface area contributed by atoms with E-state index in [-0.39, 0.29) is 18.9 Å². The van der Waals surface area contributed by atoms with Crippen molar-refractivity contribution in [3.63, 3.8) is 0 Å². The van der Waals surface area contributed by atoms with Crippen molar-refractivity contribution >= 4 is 5.91 Å². The molecule has 0 saturated carbocycles. The zero-order valence-corrected chi connectivity index (χ0v) is 12.9. The number of halogens is 1. The Balaban J connectivity index is 1.93. The zero-order valence-electron chi connectivity index (χ0n) is 12.9. The Morgan fingerprint density at radius 3 is 2.77 bits per heavy atom. The number of nitrogens with zero attached hydrogens (tertiary/aromatic N) is 2. The molecule has 0 fully saturated rings. The van der Waals surface area contributed by atoms with Gasteiger partial charge in [-0.2, -0.15) is 5.10 Å². The highest BCUT2D eigenvalue weighted by Crippen LogP contribution is 2.14. The molecule has 0 aliphatic heterocycles. The molecule has 0 radical (unpaired) electrons. The number of amides is 1. The number of aromatic nitrogens is 2. The maximum atomic E-state index is 13.1. The largest absolute Gasteiger partial charge is 0.387 e. The van der Waals surface area contributed by atoms with Gasteiger partial charge in [-0.15, -0.1) is 0 Å². The minimum absolute atomic E-state index is 0.0423. The van der Waals surface area contributed by atoms with Crippen LogP contribution >= 0.6 is 0 Å². The molecule has 5 nitrogen and oxygen atoms in total. The van der Waals surface area contributed by atoms with Crippen LogP contribution in [-0.2, 0) is 18.3 Å². The van der Waals surface area contributed by atoms with Gasteiger partial charge in [0.2, 0.25) is 5.91 Å². The highest BCUT2D eigenvalue weighted by Gasteiger charge is 2.15. The average molecular weight is 305 g/mol. The third-order valence-corrected chi connectivity index (χ3v) is 3.72. The Kier molecular flexibility index (Phi) is 4.92. The van der Waals surface area contributed by atoms with Crippen molar-refractivity contribution in [2.45, 2.75) is 26.4 Å². The first-order valence-corrected chi connectivity index (χ1v) is 7.07. The Morgan fingerprint density at radius 1 is 1.45 bits per heavy atom. The van der Waals surface area contributed by atoms with Crippen LogP contribution in [0, 0.1) is 19.7 Å². The molecule has 1 aromatic heterocycles. The Hall–Kier alpha value is -2.21. The lowest BCUT2D eigenvalue weighted by Gasteiger charge is -2.12. The van der Waals surface area contributed by atoms with Crippen molar-refractivity contribution < 1.29 is 14.3 Å². The number of aliphatic hydroxyl groups is 1. The monoisotopic (exact) mass is 305 g/mol. The van der Waals surface area contributed by atoms with Crippen LogP contribution in [0.2, 0.25) is 0 Å². The van der Waals surface area contributed by atoms with Crippen LogP contribution < -0.4 is 5.32 Å². The van der Waals surface area contributed by atoms with Gasteiger partial charge in [0.05, 0.1) is 18.2 Å². The van der Waals surface area contributed by atoms with E-state index in [1.165, 1.54) is 18.2 Å². The van der Waals surface area contributed by atoms with Crippen LogP contribution in [-0.4, -0.2) is 27.3 Å². The normalized spacial score (nSPS) is 12.2. The van der Waals surface area contributed by atoms with Gasteiger partial charge in [-0.05, 0) is 31.5 Å². The summed E-state index contributed by atoms with van der Waals surface area (Å²) in [6, 6.07) is 5.71. The van der Waals surface area contributed by atoms with Gasteiger partial charge in [0.25, 0.3) is 0 Å². The van der Waals surface area contributed by atoms with Gasteiger partial charge in [-0.3, -0.25) is 9.48 Å². The van der Waals surface area contributed by atoms with Crippen molar-refractivity contribution in [3.05, 3.63) is 52.6 Å². The van der Waals surface area contributed by atoms with E-state index in [4.69, 9.17) is 0 Å². The molecule has 118 valence electrons. The molecular formula is C16H20FN3O2. The maximum Gasteiger partial charge on any atom is 0.224 e. The number of benzene rings is 1. The third kappa shape index (κ3) is 3.71. The molecule has 1 atom stereocenters. The molecule has 0 spiro atoms. The summed E-state index contributed by atoms with van der Waals surface area (Å²) in [5.41, 5.74) is 3.09. The lowest BCUT2D eigenvalue weighted by atomic mass is 10.1. The summed E-state index contributed by atoms with van der Waals surface area (Å²) in [5, 5.41) is 16.9. The molecule has 2 aromatic rings. The number of aryl methyl sites for hydroxylation is 2. The lowest BCUT2D eigenvalue weighted by molar-refractivity contribution is -0.120. The minimum Gasteiger partial charge on any atom is -0.387 e. The SMILES string of the molecule is Cc1nn(C)c(C)c1CC(=O)NCC(O)c1cccc(F)c1. The van der Waals surface area contributed by atoms with Gasteiger partial charge < -0.3 is 10.4 Å². The smallest absolute Gasteiger partial charge is 0.224 e. The van der Waals surface area contributed by atoms with Gasteiger partial charge in [-0.25, -0.2) is 4.39 Å². The van der Waals surface area contributed by atoms with Crippen LogP contribution in [0.15, 0.2) is 24.3 Å². The Bertz CT molecular complexity index is 682. The first-order valence-electron chi connectivity index (χ1n) is 7.07. The van der Waals surface area contributed by atoms with Crippen LogP contribution in [0.3, 0.4) is 0 Å². The van der Waals surface area contributed by atoms with Crippen LogP contribution in [0.4, 0.5) is 4.39 Å². The summed E-state index contributed by atoms with van der Waals surface area (Å²) in [7, 11) is 1.83. The second-order valence-corrected chi connectivity index (χ2v) is 5.32. The summed E-state index contributed by atoms with van der Waals surface area (Å²) >= 11 is 0. The molecule has 0 saturated heterocycles. The van der Waals surface area contributed by atoms with E-state index in [1.807, 2.05) is 20.9 Å². The predicted octanol–water partition coefficient (Wildman–Crippen LogP) is 1.57. The van der Waals surface area contributed by atoms with Gasteiger partial charge in [0, 0.05) is 24.8 Å². The first-order chi connectivity index (χ1) is 10.4. The van der Waals surface area contributed by atoms with Gasteiger partial charge in [-0.1, -0.05) is 12.1 Å². The fraction of sp³-hybridized carbons (Fsp3) is 0.375. The van der Waals surface area contributed by atoms with Crippen molar-refractivity contribution in [1.82, 2.24) is 15.1 Å². The molecule has 0 aliphatic rings. The molecule has 1 heterocycles. The molecule has 6 heteroatoms. The zero-order chi connectivity index (χ0) is 16.3. The first kappa shape index (κ1) is 16.2. The minimum atomic E-state index is -0.934. The van der Waals surface area contributed by atoms with E-state index in [9.17, 15) is 14.3 Å². The van der Waals surface area contributed by atoms with Gasteiger partial charge >= 0.3 is 0 Å². The number of rotatable bonds is 5. The van der Waals surface area contributed by atoms with Crippen molar-refractivity contribution in [1.29, 1.82) is 0 Å². The van der Waals surface area contributed by atoms with Crippen molar-refractivity contribution in [2.24, 2.45) is 7.05 Å². The van der Waals surface area contributed by atoms with E-state index < -0.39 is 11.9 Å². The van der Waals surface area contributed by atoms with Crippen molar-refractivity contribution in [3.8, 4) is 0 Å². The molecular weight excluding hydrogens is 285 g/mol. The van der Waals surface area contributed by atoms with E-state index in [1.54, 1.807) is 10.7 Å². The van der Waals surface area contributed by atoms with Crippen molar-refractivity contribution in [2.75, 3.05) is 6.54 Å². The van der Waals surface area contributed by atoms with Gasteiger partial charge in [0.1, 0.15) is 5.82 Å². The highest BCUT2D eigenvalue weighted by atomic mass is 19.1. The van der Waals surface area contributed by atoms with E-state index in [0.29, 0.717) is 5.56 Å². The number of hydrogen-bond acceptors (Lipinski definition) is 3. The molecule has 2 N–H and O–H groups in total. The summed E-state index contributed by atoms with van der Waals surface area (Å²) in [4.78, 5) is 12.0. The number of nitrogens with one attached hydrogen (secondary N) is 1. The van der Waals surface area contributed by atoms with Crippen LogP contribution in [0.5, 0.6) is 0 Å². The average Bonchev–Trinajstić information content (AvgIpc) is 2.71. The van der Waals surface area contributed by atoms with E-state index in [2.05, 4.69) is 10.4 Å². The second kappa shape index (κ2) is 6.70. The standard InChI is InChI=1S/C16H20FN3O2/c1-10-14(11(2)20(3)19-10)8-16(22)18-9-15(21)12-5-4-6-13(17)7-12/h4-7,15,21H,8-9H2,1-3H3,(H,18,22). The molecule has 22 heavy (non-hydrogen) atoms. The fourth-order valence-electron chi connectivity index (χ4n) is 2.34. The second-order valence-electron chi connectivity index (χ2n) is 5.32. The quantitative estimate of drug-likeness (QED) is 0.881. The number of aliphatic hydroxyl groups excluding tert-OH is 1. The molecule has 1 amide bonds. The van der Waals surface area contributed by atoms with E-state index >= 15 is 0 Å². The number of carbonyl (C=O) groups is 1. The maximum absolute atomic E-state index is 13.1. The molecule has 0 bridgehead atoms. The molecule has 1 unspecified atom stereocenters. The summed E-state index contributed by atoms with van der Waals surface area (Å²) in [5.74, 6) is -0.612. The molecule has 2 rings (SSSR count). The molecule has 0 aliphatic carbocycles.